The van der Waals surface area contributed by atoms with E-state index in [2.05, 4.69) is 5.32 Å². The molecule has 0 bridgehead atoms. The van der Waals surface area contributed by atoms with Crippen LogP contribution in [0.2, 0.25) is 0 Å². The molecule has 230 valence electrons. The van der Waals surface area contributed by atoms with Gasteiger partial charge in [-0.15, -0.1) is 0 Å². The van der Waals surface area contributed by atoms with Crippen molar-refractivity contribution in [1.82, 2.24) is 14.5 Å². The molecule has 4 aromatic rings. The van der Waals surface area contributed by atoms with Crippen LogP contribution in [-0.4, -0.2) is 61.9 Å². The van der Waals surface area contributed by atoms with Gasteiger partial charge in [-0.2, -0.15) is 4.31 Å². The van der Waals surface area contributed by atoms with Crippen molar-refractivity contribution in [2.24, 2.45) is 0 Å². The van der Waals surface area contributed by atoms with Gasteiger partial charge in [-0.1, -0.05) is 103 Å². The number of hydrogen-bond acceptors (Lipinski definition) is 5. The van der Waals surface area contributed by atoms with E-state index in [0.717, 1.165) is 32.8 Å². The molecule has 9 heteroatoms. The molecule has 0 aromatic heterocycles. The van der Waals surface area contributed by atoms with Gasteiger partial charge in [0.1, 0.15) is 11.8 Å². The molecule has 0 saturated heterocycles. The zero-order valence-corrected chi connectivity index (χ0v) is 26.0. The predicted molar refractivity (Wildman–Crippen MR) is 172 cm³/mol. The zero-order chi connectivity index (χ0) is 31.4. The number of rotatable bonds is 15. The van der Waals surface area contributed by atoms with E-state index in [4.69, 9.17) is 4.74 Å². The largest absolute Gasteiger partial charge is 0.497 e. The van der Waals surface area contributed by atoms with E-state index in [-0.39, 0.29) is 25.4 Å². The molecule has 0 radical (unpaired) electrons. The monoisotopic (exact) mass is 613 g/mol. The molecule has 0 spiro atoms. The highest BCUT2D eigenvalue weighted by atomic mass is 32.2. The first-order valence-electron chi connectivity index (χ1n) is 14.5. The fraction of sp³-hybridized carbons (Fsp3) is 0.257. The lowest BCUT2D eigenvalue weighted by Gasteiger charge is -2.33. The number of ether oxygens (including phenoxy) is 1. The summed E-state index contributed by atoms with van der Waals surface area (Å²) >= 11 is 0. The molecule has 8 nitrogen and oxygen atoms in total. The summed E-state index contributed by atoms with van der Waals surface area (Å²) in [5.74, 6) is -0.112. The lowest BCUT2D eigenvalue weighted by atomic mass is 10.0. The number of amides is 2. The van der Waals surface area contributed by atoms with E-state index in [1.54, 1.807) is 19.2 Å². The molecule has 44 heavy (non-hydrogen) atoms. The maximum absolute atomic E-state index is 14.2. The normalized spacial score (nSPS) is 12.0. The number of carbonyl (C=O) groups excluding carboxylic acids is 2. The van der Waals surface area contributed by atoms with Crippen molar-refractivity contribution >= 4 is 21.8 Å². The summed E-state index contributed by atoms with van der Waals surface area (Å²) in [6, 6.07) is 34.8. The smallest absolute Gasteiger partial charge is 0.243 e. The fourth-order valence-corrected chi connectivity index (χ4v) is 5.62. The van der Waals surface area contributed by atoms with Gasteiger partial charge in [-0.3, -0.25) is 9.59 Å². The van der Waals surface area contributed by atoms with E-state index in [1.165, 1.54) is 4.90 Å². The van der Waals surface area contributed by atoms with Crippen LogP contribution in [0.3, 0.4) is 0 Å². The van der Waals surface area contributed by atoms with Gasteiger partial charge >= 0.3 is 0 Å². The molecule has 4 aromatic carbocycles. The molecule has 0 heterocycles. The van der Waals surface area contributed by atoms with Gasteiger partial charge in [0.05, 0.1) is 19.9 Å². The molecule has 4 rings (SSSR count). The summed E-state index contributed by atoms with van der Waals surface area (Å²) < 4.78 is 32.2. The number of hydrogen-bond donors (Lipinski definition) is 1. The average Bonchev–Trinajstić information content (AvgIpc) is 3.03. The first-order valence-corrected chi connectivity index (χ1v) is 16.3. The van der Waals surface area contributed by atoms with Crippen LogP contribution < -0.4 is 10.1 Å². The second-order valence-corrected chi connectivity index (χ2v) is 12.6. The molecule has 0 saturated carbocycles. The van der Waals surface area contributed by atoms with Gasteiger partial charge in [0.15, 0.2) is 0 Å². The Balaban J connectivity index is 1.65. The van der Waals surface area contributed by atoms with Crippen molar-refractivity contribution in [3.63, 3.8) is 0 Å². The summed E-state index contributed by atoms with van der Waals surface area (Å²) in [6.07, 6.45) is 1.99. The molecular weight excluding hydrogens is 574 g/mol. The SMILES string of the molecule is COc1ccc(CN(C(=O)CN(Cc2ccccc2)S(C)(=O)=O)[C@H](Cc2ccccc2)C(=O)NCCc2ccccc2)cc1. The maximum atomic E-state index is 14.2. The van der Waals surface area contributed by atoms with Crippen LogP contribution in [0.15, 0.2) is 115 Å². The van der Waals surface area contributed by atoms with Crippen LogP contribution in [0.1, 0.15) is 22.3 Å². The van der Waals surface area contributed by atoms with Crippen molar-refractivity contribution in [3.8, 4) is 5.75 Å². The highest BCUT2D eigenvalue weighted by molar-refractivity contribution is 7.88. The number of sulfonamides is 1. The van der Waals surface area contributed by atoms with Gasteiger partial charge in [-0.25, -0.2) is 8.42 Å². The lowest BCUT2D eigenvalue weighted by molar-refractivity contribution is -0.141. The van der Waals surface area contributed by atoms with Gasteiger partial charge in [0, 0.05) is 26.1 Å². The van der Waals surface area contributed by atoms with Crippen LogP contribution in [0.25, 0.3) is 0 Å². The predicted octanol–water partition coefficient (Wildman–Crippen LogP) is 4.46. The number of nitrogens with zero attached hydrogens (tertiary/aromatic N) is 2. The molecule has 1 N–H and O–H groups in total. The van der Waals surface area contributed by atoms with Gasteiger partial charge in [0.2, 0.25) is 21.8 Å². The molecule has 0 fully saturated rings. The molecule has 1 atom stereocenters. The lowest BCUT2D eigenvalue weighted by Crippen LogP contribution is -2.53. The molecule has 2 amide bonds. The van der Waals surface area contributed by atoms with Crippen LogP contribution in [0, 0.1) is 0 Å². The zero-order valence-electron chi connectivity index (χ0n) is 25.1. The third kappa shape index (κ3) is 9.79. The summed E-state index contributed by atoms with van der Waals surface area (Å²) in [5.41, 5.74) is 3.51. The van der Waals surface area contributed by atoms with Gasteiger partial charge in [-0.05, 0) is 40.8 Å². The number of nitrogens with one attached hydrogen (secondary N) is 1. The third-order valence-electron chi connectivity index (χ3n) is 7.32. The molecule has 0 aliphatic carbocycles. The minimum absolute atomic E-state index is 0.0361. The van der Waals surface area contributed by atoms with Crippen LogP contribution in [-0.2, 0) is 45.5 Å². The van der Waals surface area contributed by atoms with Crippen molar-refractivity contribution in [3.05, 3.63) is 138 Å². The second-order valence-electron chi connectivity index (χ2n) is 10.6. The van der Waals surface area contributed by atoms with E-state index >= 15 is 0 Å². The summed E-state index contributed by atoms with van der Waals surface area (Å²) in [4.78, 5) is 29.6. The topological polar surface area (TPSA) is 96.0 Å². The third-order valence-corrected chi connectivity index (χ3v) is 8.52. The van der Waals surface area contributed by atoms with E-state index in [1.807, 2.05) is 103 Å². The Morgan fingerprint density at radius 3 is 1.80 bits per heavy atom. The Morgan fingerprint density at radius 1 is 0.727 bits per heavy atom. The van der Waals surface area contributed by atoms with Crippen LogP contribution >= 0.6 is 0 Å². The Kier molecular flexibility index (Phi) is 11.7. The van der Waals surface area contributed by atoms with E-state index < -0.39 is 28.5 Å². The first-order chi connectivity index (χ1) is 21.2. The van der Waals surface area contributed by atoms with E-state index in [0.29, 0.717) is 18.7 Å². The van der Waals surface area contributed by atoms with Crippen molar-refractivity contribution < 1.29 is 22.7 Å². The quantitative estimate of drug-likeness (QED) is 0.214. The summed E-state index contributed by atoms with van der Waals surface area (Å²) in [7, 11) is -2.18. The minimum Gasteiger partial charge on any atom is -0.497 e. The minimum atomic E-state index is -3.75. The second kappa shape index (κ2) is 15.8. The number of benzene rings is 4. The number of methoxy groups -OCH3 is 1. The Bertz CT molecular complexity index is 1580. The van der Waals surface area contributed by atoms with Crippen LogP contribution in [0.4, 0.5) is 0 Å². The van der Waals surface area contributed by atoms with Crippen molar-refractivity contribution in [2.45, 2.75) is 32.0 Å². The maximum Gasteiger partial charge on any atom is 0.243 e. The first kappa shape index (κ1) is 32.4. The van der Waals surface area contributed by atoms with E-state index in [9.17, 15) is 18.0 Å². The summed E-state index contributed by atoms with van der Waals surface area (Å²) in [6.45, 7) is 0.123. The van der Waals surface area contributed by atoms with Gasteiger partial charge < -0.3 is 15.0 Å². The average molecular weight is 614 g/mol. The molecular formula is C35H39N3O5S. The molecule has 0 aliphatic heterocycles. The highest BCUT2D eigenvalue weighted by Gasteiger charge is 2.32. The molecule has 0 unspecified atom stereocenters. The molecule has 0 aliphatic rings. The fourth-order valence-electron chi connectivity index (χ4n) is 4.89. The van der Waals surface area contributed by atoms with Gasteiger partial charge in [0.25, 0.3) is 0 Å². The van der Waals surface area contributed by atoms with Crippen molar-refractivity contribution in [1.29, 1.82) is 0 Å². The standard InChI is InChI=1S/C35H39N3O5S/c1-43-32-20-18-31(19-21-32)26-38(34(39)27-37(44(2,41)42)25-30-16-10-5-11-17-30)33(24-29-14-8-4-9-15-29)35(40)36-23-22-28-12-6-3-7-13-28/h3-21,33H,22-27H2,1-2H3,(H,36,40)/t33-/m1/s1. The summed E-state index contributed by atoms with van der Waals surface area (Å²) in [5, 5.41) is 3.03. The van der Waals surface area contributed by atoms with Crippen LogP contribution in [0.5, 0.6) is 5.75 Å². The highest BCUT2D eigenvalue weighted by Crippen LogP contribution is 2.19. The number of carbonyl (C=O) groups is 2. The Morgan fingerprint density at radius 2 is 1.25 bits per heavy atom. The Hall–Kier alpha value is -4.47. The van der Waals surface area contributed by atoms with Crippen molar-refractivity contribution in [2.75, 3.05) is 26.5 Å². The Labute approximate surface area is 260 Å².